The Balaban J connectivity index is 2.83. The summed E-state index contributed by atoms with van der Waals surface area (Å²) in [6.07, 6.45) is 1.22. The monoisotopic (exact) mass is 182 g/mol. The first-order valence-electron chi connectivity index (χ1n) is 2.48. The molecule has 0 aliphatic carbocycles. The molecule has 0 saturated carbocycles. The molecule has 0 radical (unpaired) electrons. The van der Waals surface area contributed by atoms with Crippen molar-refractivity contribution in [1.29, 1.82) is 0 Å². The van der Waals surface area contributed by atoms with E-state index in [2.05, 4.69) is 35.5 Å². The number of rotatable bonds is 3. The molecular formula is C5H11BrS. The number of thiol groups is 1. The van der Waals surface area contributed by atoms with Crippen molar-refractivity contribution < 1.29 is 0 Å². The van der Waals surface area contributed by atoms with Gasteiger partial charge in [0.1, 0.15) is 0 Å². The van der Waals surface area contributed by atoms with Gasteiger partial charge in [-0.2, -0.15) is 12.6 Å². The maximum Gasteiger partial charge on any atom is 0.00573 e. The van der Waals surface area contributed by atoms with Crippen LogP contribution in [-0.4, -0.2) is 11.1 Å². The van der Waals surface area contributed by atoms with Crippen LogP contribution in [0, 0.1) is 5.92 Å². The Morgan fingerprint density at radius 3 is 2.43 bits per heavy atom. The highest BCUT2D eigenvalue weighted by atomic mass is 79.9. The van der Waals surface area contributed by atoms with Crippen LogP contribution < -0.4 is 0 Å². The van der Waals surface area contributed by atoms with E-state index >= 15 is 0 Å². The van der Waals surface area contributed by atoms with Gasteiger partial charge in [-0.1, -0.05) is 22.9 Å². The van der Waals surface area contributed by atoms with Crippen LogP contribution in [0.25, 0.3) is 0 Å². The molecule has 0 nitrogen and oxygen atoms in total. The first-order valence-corrected chi connectivity index (χ1v) is 4.23. The van der Waals surface area contributed by atoms with Crippen molar-refractivity contribution in [3.05, 3.63) is 0 Å². The van der Waals surface area contributed by atoms with Crippen LogP contribution in [0.3, 0.4) is 0 Å². The van der Waals surface area contributed by atoms with Crippen molar-refractivity contribution in [1.82, 2.24) is 0 Å². The quantitative estimate of drug-likeness (QED) is 0.503. The maximum absolute atomic E-state index is 4.09. The number of alkyl halides is 1. The van der Waals surface area contributed by atoms with Gasteiger partial charge in [0.05, 0.1) is 0 Å². The minimum Gasteiger partial charge on any atom is -0.179 e. The molecule has 0 spiro atoms. The molecule has 0 aromatic heterocycles. The second-order valence-electron chi connectivity index (χ2n) is 1.77. The Kier molecular flexibility index (Phi) is 5.57. The van der Waals surface area contributed by atoms with Crippen molar-refractivity contribution in [2.45, 2.75) is 13.3 Å². The molecule has 7 heavy (non-hydrogen) atoms. The van der Waals surface area contributed by atoms with Crippen molar-refractivity contribution in [2.24, 2.45) is 5.92 Å². The molecular weight excluding hydrogens is 172 g/mol. The fraction of sp³-hybridized carbons (Fsp3) is 1.00. The number of halogens is 1. The van der Waals surface area contributed by atoms with Crippen LogP contribution in [0.5, 0.6) is 0 Å². The molecule has 44 valence electrons. The van der Waals surface area contributed by atoms with E-state index in [1.54, 1.807) is 0 Å². The zero-order valence-corrected chi connectivity index (χ0v) is 7.00. The van der Waals surface area contributed by atoms with Crippen molar-refractivity contribution >= 4 is 28.6 Å². The third-order valence-electron chi connectivity index (χ3n) is 0.885. The van der Waals surface area contributed by atoms with Crippen molar-refractivity contribution in [3.8, 4) is 0 Å². The van der Waals surface area contributed by atoms with Gasteiger partial charge in [-0.15, -0.1) is 0 Å². The van der Waals surface area contributed by atoms with Gasteiger partial charge in [-0.3, -0.25) is 0 Å². The van der Waals surface area contributed by atoms with Gasteiger partial charge in [0.15, 0.2) is 0 Å². The first-order chi connectivity index (χ1) is 3.31. The normalized spacial score (nSPS) is 14.1. The summed E-state index contributed by atoms with van der Waals surface area (Å²) in [6.45, 7) is 2.21. The zero-order valence-electron chi connectivity index (χ0n) is 4.52. The predicted molar refractivity (Wildman–Crippen MR) is 41.4 cm³/mol. The third kappa shape index (κ3) is 4.69. The van der Waals surface area contributed by atoms with Gasteiger partial charge in [0.2, 0.25) is 0 Å². The summed E-state index contributed by atoms with van der Waals surface area (Å²) >= 11 is 7.47. The Hall–Kier alpha value is 0.830. The van der Waals surface area contributed by atoms with Gasteiger partial charge in [-0.05, 0) is 18.1 Å². The lowest BCUT2D eigenvalue weighted by atomic mass is 10.2. The highest BCUT2D eigenvalue weighted by Crippen LogP contribution is 2.05. The molecule has 0 saturated heterocycles. The van der Waals surface area contributed by atoms with Crippen LogP contribution in [0.15, 0.2) is 0 Å². The Morgan fingerprint density at radius 2 is 2.29 bits per heavy atom. The Labute approximate surface area is 59.2 Å². The maximum atomic E-state index is 4.09. The first kappa shape index (κ1) is 7.83. The second-order valence-corrected chi connectivity index (χ2v) is 2.87. The van der Waals surface area contributed by atoms with Crippen LogP contribution in [0.4, 0.5) is 0 Å². The SMILES string of the molecule is CC(CBr)CCS. The molecule has 0 heterocycles. The molecule has 2 heteroatoms. The molecule has 0 aromatic carbocycles. The van der Waals surface area contributed by atoms with Gasteiger partial charge in [0, 0.05) is 5.33 Å². The molecule has 0 bridgehead atoms. The average Bonchev–Trinajstić information content (AvgIpc) is 1.68. The fourth-order valence-corrected chi connectivity index (χ4v) is 1.06. The summed E-state index contributed by atoms with van der Waals surface area (Å²) in [5, 5.41) is 1.10. The molecule has 0 rings (SSSR count). The van der Waals surface area contributed by atoms with Crippen molar-refractivity contribution in [2.75, 3.05) is 11.1 Å². The zero-order chi connectivity index (χ0) is 5.70. The lowest BCUT2D eigenvalue weighted by Gasteiger charge is -2.00. The lowest BCUT2D eigenvalue weighted by molar-refractivity contribution is 0.648. The van der Waals surface area contributed by atoms with E-state index in [0.29, 0.717) is 0 Å². The molecule has 1 atom stereocenters. The fourth-order valence-electron chi connectivity index (χ4n) is 0.298. The Bertz CT molecular complexity index is 39.1. The van der Waals surface area contributed by atoms with E-state index in [0.717, 1.165) is 17.0 Å². The minimum atomic E-state index is 0.789. The lowest BCUT2D eigenvalue weighted by Crippen LogP contribution is -1.94. The van der Waals surface area contributed by atoms with E-state index in [9.17, 15) is 0 Å². The molecule has 0 N–H and O–H groups in total. The number of hydrogen-bond acceptors (Lipinski definition) is 1. The minimum absolute atomic E-state index is 0.789. The molecule has 0 fully saturated rings. The summed E-state index contributed by atoms with van der Waals surface area (Å²) in [4.78, 5) is 0. The Morgan fingerprint density at radius 1 is 1.71 bits per heavy atom. The average molecular weight is 183 g/mol. The van der Waals surface area contributed by atoms with Crippen LogP contribution in [0.2, 0.25) is 0 Å². The topological polar surface area (TPSA) is 0 Å². The third-order valence-corrected chi connectivity index (χ3v) is 2.25. The molecule has 0 aromatic rings. The smallest absolute Gasteiger partial charge is 0.00573 e. The van der Waals surface area contributed by atoms with E-state index in [1.165, 1.54) is 6.42 Å². The van der Waals surface area contributed by atoms with Gasteiger partial charge in [0.25, 0.3) is 0 Å². The second kappa shape index (κ2) is 4.98. The van der Waals surface area contributed by atoms with Gasteiger partial charge >= 0.3 is 0 Å². The highest BCUT2D eigenvalue weighted by molar-refractivity contribution is 9.09. The standard InChI is InChI=1S/C5H11BrS/c1-5(4-6)2-3-7/h5,7H,2-4H2,1H3. The molecule has 0 amide bonds. The number of hydrogen-bond donors (Lipinski definition) is 1. The van der Waals surface area contributed by atoms with Gasteiger partial charge < -0.3 is 0 Å². The van der Waals surface area contributed by atoms with E-state index < -0.39 is 0 Å². The van der Waals surface area contributed by atoms with Crippen molar-refractivity contribution in [3.63, 3.8) is 0 Å². The van der Waals surface area contributed by atoms with E-state index in [-0.39, 0.29) is 0 Å². The molecule has 0 aliphatic rings. The summed E-state index contributed by atoms with van der Waals surface area (Å²) in [7, 11) is 0. The summed E-state index contributed by atoms with van der Waals surface area (Å²) in [5.74, 6) is 1.80. The largest absolute Gasteiger partial charge is 0.179 e. The molecule has 0 aliphatic heterocycles. The van der Waals surface area contributed by atoms with Crippen LogP contribution >= 0.6 is 28.6 Å². The summed E-state index contributed by atoms with van der Waals surface area (Å²) in [6, 6.07) is 0. The van der Waals surface area contributed by atoms with E-state index in [4.69, 9.17) is 0 Å². The summed E-state index contributed by atoms with van der Waals surface area (Å²) < 4.78 is 0. The van der Waals surface area contributed by atoms with Crippen LogP contribution in [-0.2, 0) is 0 Å². The molecule has 1 unspecified atom stereocenters. The van der Waals surface area contributed by atoms with E-state index in [1.807, 2.05) is 0 Å². The summed E-state index contributed by atoms with van der Waals surface area (Å²) in [5.41, 5.74) is 0. The highest BCUT2D eigenvalue weighted by Gasteiger charge is 1.94. The van der Waals surface area contributed by atoms with Crippen LogP contribution in [0.1, 0.15) is 13.3 Å². The van der Waals surface area contributed by atoms with Gasteiger partial charge in [-0.25, -0.2) is 0 Å². The predicted octanol–water partition coefficient (Wildman–Crippen LogP) is 2.34.